The average Bonchev–Trinajstić information content (AvgIpc) is 2.68. The number of anilines is 1. The lowest BCUT2D eigenvalue weighted by atomic mass is 10.3. The maximum atomic E-state index is 5.22. The van der Waals surface area contributed by atoms with Crippen LogP contribution in [0.1, 0.15) is 6.92 Å². The number of rotatable bonds is 4. The predicted octanol–water partition coefficient (Wildman–Crippen LogP) is 2.01. The molecule has 1 aromatic heterocycles. The van der Waals surface area contributed by atoms with E-state index in [0.29, 0.717) is 11.5 Å². The molecule has 0 saturated carbocycles. The number of benzene rings is 1. The zero-order chi connectivity index (χ0) is 11.5. The van der Waals surface area contributed by atoms with Gasteiger partial charge >= 0.3 is 0 Å². The molecule has 16 heavy (non-hydrogen) atoms. The summed E-state index contributed by atoms with van der Waals surface area (Å²) in [5.41, 5.74) is 1.78. The minimum Gasteiger partial charge on any atom is -0.493 e. The van der Waals surface area contributed by atoms with Gasteiger partial charge in [-0.25, -0.2) is 4.98 Å². The minimum atomic E-state index is 0.685. The fraction of sp³-hybridized carbons (Fsp3) is 0.364. The number of nitrogens with one attached hydrogen (secondary N) is 2. The number of aromatic nitrogens is 2. The summed E-state index contributed by atoms with van der Waals surface area (Å²) in [4.78, 5) is 7.55. The molecule has 0 fully saturated rings. The molecule has 0 aliphatic heterocycles. The summed E-state index contributed by atoms with van der Waals surface area (Å²) < 4.78 is 10.4. The third kappa shape index (κ3) is 1.76. The van der Waals surface area contributed by atoms with Crippen molar-refractivity contribution in [3.8, 4) is 11.5 Å². The third-order valence-corrected chi connectivity index (χ3v) is 2.33. The van der Waals surface area contributed by atoms with E-state index in [1.165, 1.54) is 0 Å². The number of methoxy groups -OCH3 is 2. The van der Waals surface area contributed by atoms with Gasteiger partial charge in [0.2, 0.25) is 5.95 Å². The predicted molar refractivity (Wildman–Crippen MR) is 63.4 cm³/mol. The van der Waals surface area contributed by atoms with Gasteiger partial charge in [0.1, 0.15) is 0 Å². The van der Waals surface area contributed by atoms with Crippen molar-refractivity contribution in [1.82, 2.24) is 9.97 Å². The highest BCUT2D eigenvalue weighted by molar-refractivity contribution is 5.81. The van der Waals surface area contributed by atoms with E-state index in [9.17, 15) is 0 Å². The standard InChI is InChI=1S/C11H15N3O2/c1-4-12-11-13-7-5-9(15-2)10(16-3)6-8(7)14-11/h5-6H,4H2,1-3H3,(H2,12,13,14). The van der Waals surface area contributed by atoms with E-state index in [0.717, 1.165) is 23.5 Å². The van der Waals surface area contributed by atoms with Crippen LogP contribution in [0.5, 0.6) is 11.5 Å². The van der Waals surface area contributed by atoms with Crippen LogP contribution in [0, 0.1) is 0 Å². The lowest BCUT2D eigenvalue weighted by molar-refractivity contribution is 0.356. The van der Waals surface area contributed by atoms with Gasteiger partial charge in [-0.2, -0.15) is 0 Å². The molecular formula is C11H15N3O2. The molecule has 0 saturated heterocycles. The monoisotopic (exact) mass is 221 g/mol. The zero-order valence-corrected chi connectivity index (χ0v) is 9.63. The molecule has 1 aromatic carbocycles. The van der Waals surface area contributed by atoms with Gasteiger partial charge in [-0.05, 0) is 6.92 Å². The minimum absolute atomic E-state index is 0.685. The normalized spacial score (nSPS) is 10.4. The van der Waals surface area contributed by atoms with Crippen molar-refractivity contribution in [2.24, 2.45) is 0 Å². The Hall–Kier alpha value is -1.91. The summed E-state index contributed by atoms with van der Waals surface area (Å²) in [5, 5.41) is 3.12. The lowest BCUT2D eigenvalue weighted by Gasteiger charge is -2.06. The van der Waals surface area contributed by atoms with Crippen LogP contribution in [0.2, 0.25) is 0 Å². The molecule has 2 rings (SSSR count). The van der Waals surface area contributed by atoms with Gasteiger partial charge in [-0.1, -0.05) is 0 Å². The van der Waals surface area contributed by atoms with Crippen molar-refractivity contribution < 1.29 is 9.47 Å². The molecule has 5 nitrogen and oxygen atoms in total. The van der Waals surface area contributed by atoms with Crippen LogP contribution in [-0.2, 0) is 0 Å². The number of hydrogen-bond donors (Lipinski definition) is 2. The van der Waals surface area contributed by atoms with E-state index in [1.807, 2.05) is 19.1 Å². The van der Waals surface area contributed by atoms with Crippen molar-refractivity contribution in [2.75, 3.05) is 26.1 Å². The highest BCUT2D eigenvalue weighted by atomic mass is 16.5. The van der Waals surface area contributed by atoms with E-state index < -0.39 is 0 Å². The number of nitrogens with zero attached hydrogens (tertiary/aromatic N) is 1. The molecule has 2 aromatic rings. The Morgan fingerprint density at radius 2 is 1.94 bits per heavy atom. The molecule has 1 heterocycles. The van der Waals surface area contributed by atoms with E-state index in [-0.39, 0.29) is 0 Å². The number of hydrogen-bond acceptors (Lipinski definition) is 4. The van der Waals surface area contributed by atoms with E-state index in [4.69, 9.17) is 9.47 Å². The summed E-state index contributed by atoms with van der Waals surface area (Å²) in [5.74, 6) is 2.14. The Morgan fingerprint density at radius 1 is 1.25 bits per heavy atom. The number of H-pyrrole nitrogens is 1. The molecule has 0 spiro atoms. The Kier molecular flexibility index (Phi) is 2.85. The highest BCUT2D eigenvalue weighted by Crippen LogP contribution is 2.31. The molecule has 0 amide bonds. The second-order valence-corrected chi connectivity index (χ2v) is 3.34. The SMILES string of the molecule is CCNc1nc2cc(OC)c(OC)cc2[nH]1. The van der Waals surface area contributed by atoms with Crippen molar-refractivity contribution in [1.29, 1.82) is 0 Å². The van der Waals surface area contributed by atoms with Gasteiger partial charge in [-0.3, -0.25) is 0 Å². The maximum Gasteiger partial charge on any atom is 0.201 e. The molecular weight excluding hydrogens is 206 g/mol. The fourth-order valence-corrected chi connectivity index (χ4v) is 1.59. The smallest absolute Gasteiger partial charge is 0.201 e. The van der Waals surface area contributed by atoms with Gasteiger partial charge in [0.05, 0.1) is 25.3 Å². The Balaban J connectivity index is 2.51. The number of aromatic amines is 1. The van der Waals surface area contributed by atoms with Crippen molar-refractivity contribution >= 4 is 17.0 Å². The van der Waals surface area contributed by atoms with Crippen LogP contribution in [0.15, 0.2) is 12.1 Å². The van der Waals surface area contributed by atoms with Crippen molar-refractivity contribution in [2.45, 2.75) is 6.92 Å². The molecule has 86 valence electrons. The summed E-state index contributed by atoms with van der Waals surface area (Å²) in [7, 11) is 3.23. The van der Waals surface area contributed by atoms with Crippen LogP contribution in [0.25, 0.3) is 11.0 Å². The van der Waals surface area contributed by atoms with Crippen LogP contribution in [0.4, 0.5) is 5.95 Å². The maximum absolute atomic E-state index is 5.22. The summed E-state index contributed by atoms with van der Waals surface area (Å²) in [6.07, 6.45) is 0. The number of ether oxygens (including phenoxy) is 2. The third-order valence-electron chi connectivity index (χ3n) is 2.33. The molecule has 0 radical (unpaired) electrons. The molecule has 0 unspecified atom stereocenters. The van der Waals surface area contributed by atoms with Crippen LogP contribution >= 0.6 is 0 Å². The van der Waals surface area contributed by atoms with Crippen LogP contribution in [0.3, 0.4) is 0 Å². The Labute approximate surface area is 93.8 Å². The van der Waals surface area contributed by atoms with Gasteiger partial charge < -0.3 is 19.8 Å². The first-order valence-electron chi connectivity index (χ1n) is 5.14. The Bertz CT molecular complexity index is 452. The summed E-state index contributed by atoms with van der Waals surface area (Å²) in [6, 6.07) is 3.73. The second-order valence-electron chi connectivity index (χ2n) is 3.34. The molecule has 0 aliphatic rings. The second kappa shape index (κ2) is 4.30. The number of fused-ring (bicyclic) bond motifs is 1. The molecule has 5 heteroatoms. The average molecular weight is 221 g/mol. The van der Waals surface area contributed by atoms with Crippen LogP contribution < -0.4 is 14.8 Å². The van der Waals surface area contributed by atoms with Crippen LogP contribution in [-0.4, -0.2) is 30.7 Å². The first-order chi connectivity index (χ1) is 7.78. The highest BCUT2D eigenvalue weighted by Gasteiger charge is 2.09. The van der Waals surface area contributed by atoms with Gasteiger partial charge in [0.25, 0.3) is 0 Å². The van der Waals surface area contributed by atoms with Crippen molar-refractivity contribution in [3.05, 3.63) is 12.1 Å². The molecule has 2 N–H and O–H groups in total. The topological polar surface area (TPSA) is 59.2 Å². The first-order valence-corrected chi connectivity index (χ1v) is 5.14. The fourth-order valence-electron chi connectivity index (χ4n) is 1.59. The lowest BCUT2D eigenvalue weighted by Crippen LogP contribution is -1.97. The van der Waals surface area contributed by atoms with Gasteiger partial charge in [0.15, 0.2) is 11.5 Å². The van der Waals surface area contributed by atoms with E-state index in [1.54, 1.807) is 14.2 Å². The zero-order valence-electron chi connectivity index (χ0n) is 9.63. The Morgan fingerprint density at radius 3 is 2.56 bits per heavy atom. The molecule has 0 bridgehead atoms. The van der Waals surface area contributed by atoms with Gasteiger partial charge in [0, 0.05) is 18.7 Å². The van der Waals surface area contributed by atoms with Gasteiger partial charge in [-0.15, -0.1) is 0 Å². The molecule has 0 atom stereocenters. The largest absolute Gasteiger partial charge is 0.493 e. The summed E-state index contributed by atoms with van der Waals surface area (Å²) in [6.45, 7) is 2.85. The van der Waals surface area contributed by atoms with E-state index >= 15 is 0 Å². The van der Waals surface area contributed by atoms with Crippen molar-refractivity contribution in [3.63, 3.8) is 0 Å². The number of imidazole rings is 1. The summed E-state index contributed by atoms with van der Waals surface area (Å²) >= 11 is 0. The quantitative estimate of drug-likeness (QED) is 0.829. The van der Waals surface area contributed by atoms with E-state index in [2.05, 4.69) is 15.3 Å². The molecule has 0 aliphatic carbocycles. The first kappa shape index (κ1) is 10.6.